The Morgan fingerprint density at radius 1 is 1.03 bits per heavy atom. The summed E-state index contributed by atoms with van der Waals surface area (Å²) in [4.78, 5) is 2.26. The molecule has 0 aliphatic carbocycles. The fourth-order valence-corrected chi connectivity index (χ4v) is 3.84. The average molecular weight is 395 g/mol. The Morgan fingerprint density at radius 2 is 1.69 bits per heavy atom. The molecule has 0 radical (unpaired) electrons. The van der Waals surface area contributed by atoms with Gasteiger partial charge in [-0.15, -0.1) is 0 Å². The third-order valence-electron chi connectivity index (χ3n) is 5.72. The van der Waals surface area contributed by atoms with Crippen LogP contribution in [0.5, 0.6) is 11.5 Å². The second-order valence-corrected chi connectivity index (χ2v) is 7.96. The smallest absolute Gasteiger partial charge is 0.161 e. The van der Waals surface area contributed by atoms with Gasteiger partial charge in [0, 0.05) is 6.54 Å². The molecule has 0 amide bonds. The molecule has 0 aliphatic heterocycles. The van der Waals surface area contributed by atoms with Gasteiger partial charge < -0.3 is 14.4 Å². The van der Waals surface area contributed by atoms with Gasteiger partial charge in [0.1, 0.15) is 6.61 Å². The topological polar surface area (TPSA) is 45.5 Å². The molecule has 0 spiro atoms. The largest absolute Gasteiger partial charge is 0.493 e. The Labute approximate surface area is 176 Å². The Hall–Kier alpha value is -2.51. The van der Waals surface area contributed by atoms with Gasteiger partial charge in [-0.2, -0.15) is 5.26 Å². The lowest BCUT2D eigenvalue weighted by Gasteiger charge is -2.33. The fourth-order valence-electron chi connectivity index (χ4n) is 3.84. The zero-order valence-corrected chi connectivity index (χ0v) is 18.4. The zero-order valence-electron chi connectivity index (χ0n) is 18.4. The van der Waals surface area contributed by atoms with E-state index in [4.69, 9.17) is 9.47 Å². The van der Waals surface area contributed by atoms with Gasteiger partial charge >= 0.3 is 0 Å². The highest BCUT2D eigenvalue weighted by Crippen LogP contribution is 2.38. The number of hydrogen-bond acceptors (Lipinski definition) is 4. The van der Waals surface area contributed by atoms with Crippen molar-refractivity contribution in [3.8, 4) is 17.6 Å². The minimum absolute atomic E-state index is 0.257. The normalized spacial score (nSPS) is 13.2. The molecule has 0 aromatic heterocycles. The Balaban J connectivity index is 1.89. The SMILES string of the molecule is COc1ccccc1OCCN(C)CCC[C@](C#N)(c1ccccc1C)C(C)C. The number of para-hydroxylation sites is 2. The Bertz CT molecular complexity index is 812. The minimum Gasteiger partial charge on any atom is -0.493 e. The third kappa shape index (κ3) is 5.74. The van der Waals surface area contributed by atoms with Crippen molar-refractivity contribution in [1.29, 1.82) is 5.26 Å². The number of rotatable bonds is 11. The number of likely N-dealkylation sites (N-methyl/N-ethyl adjacent to an activating group) is 1. The molecular formula is C25H34N2O2. The summed E-state index contributed by atoms with van der Waals surface area (Å²) in [5, 5.41) is 10.1. The molecule has 0 unspecified atom stereocenters. The number of ether oxygens (including phenoxy) is 2. The van der Waals surface area contributed by atoms with Crippen molar-refractivity contribution in [3.63, 3.8) is 0 Å². The van der Waals surface area contributed by atoms with Crippen LogP contribution in [-0.4, -0.2) is 38.8 Å². The summed E-state index contributed by atoms with van der Waals surface area (Å²) in [5.74, 6) is 1.78. The molecule has 29 heavy (non-hydrogen) atoms. The lowest BCUT2D eigenvalue weighted by atomic mass is 9.68. The molecular weight excluding hydrogens is 360 g/mol. The monoisotopic (exact) mass is 394 g/mol. The maximum atomic E-state index is 10.1. The van der Waals surface area contributed by atoms with Crippen molar-refractivity contribution in [2.24, 2.45) is 5.92 Å². The van der Waals surface area contributed by atoms with E-state index in [1.54, 1.807) is 7.11 Å². The first-order valence-corrected chi connectivity index (χ1v) is 10.4. The van der Waals surface area contributed by atoms with E-state index in [-0.39, 0.29) is 5.92 Å². The van der Waals surface area contributed by atoms with Crippen LogP contribution >= 0.6 is 0 Å². The quantitative estimate of drug-likeness (QED) is 0.525. The van der Waals surface area contributed by atoms with Crippen LogP contribution in [0.15, 0.2) is 48.5 Å². The highest BCUT2D eigenvalue weighted by Gasteiger charge is 2.36. The third-order valence-corrected chi connectivity index (χ3v) is 5.72. The van der Waals surface area contributed by atoms with Crippen LogP contribution < -0.4 is 9.47 Å². The van der Waals surface area contributed by atoms with Gasteiger partial charge in [0.15, 0.2) is 11.5 Å². The molecule has 0 N–H and O–H groups in total. The van der Waals surface area contributed by atoms with E-state index < -0.39 is 5.41 Å². The predicted molar refractivity (Wildman–Crippen MR) is 119 cm³/mol. The van der Waals surface area contributed by atoms with Gasteiger partial charge in [0.25, 0.3) is 0 Å². The summed E-state index contributed by atoms with van der Waals surface area (Å²) in [6, 6.07) is 18.7. The van der Waals surface area contributed by atoms with E-state index in [0.29, 0.717) is 6.61 Å². The fraction of sp³-hybridized carbons (Fsp3) is 0.480. The molecule has 2 aromatic carbocycles. The Morgan fingerprint density at radius 3 is 2.31 bits per heavy atom. The number of aryl methyl sites for hydroxylation is 1. The summed E-state index contributed by atoms with van der Waals surface area (Å²) < 4.78 is 11.2. The van der Waals surface area contributed by atoms with Crippen molar-refractivity contribution in [2.75, 3.05) is 33.9 Å². The molecule has 0 bridgehead atoms. The predicted octanol–water partition coefficient (Wildman–Crippen LogP) is 5.21. The van der Waals surface area contributed by atoms with Gasteiger partial charge in [-0.25, -0.2) is 0 Å². The number of nitrogens with zero attached hydrogens (tertiary/aromatic N) is 2. The van der Waals surface area contributed by atoms with E-state index >= 15 is 0 Å². The highest BCUT2D eigenvalue weighted by molar-refractivity contribution is 5.40. The maximum absolute atomic E-state index is 10.1. The first-order chi connectivity index (χ1) is 13.9. The second kappa shape index (κ2) is 10.9. The summed E-state index contributed by atoms with van der Waals surface area (Å²) in [6.45, 7) is 8.76. The minimum atomic E-state index is -0.444. The number of methoxy groups -OCH3 is 1. The molecule has 0 saturated heterocycles. The van der Waals surface area contributed by atoms with Crippen LogP contribution in [0, 0.1) is 24.2 Å². The van der Waals surface area contributed by atoms with Crippen molar-refractivity contribution >= 4 is 0 Å². The van der Waals surface area contributed by atoms with E-state index in [1.165, 1.54) is 11.1 Å². The molecule has 2 aromatic rings. The van der Waals surface area contributed by atoms with Gasteiger partial charge in [-0.3, -0.25) is 0 Å². The van der Waals surface area contributed by atoms with E-state index in [1.807, 2.05) is 36.4 Å². The molecule has 156 valence electrons. The van der Waals surface area contributed by atoms with Gasteiger partial charge in [0.2, 0.25) is 0 Å². The lowest BCUT2D eigenvalue weighted by molar-refractivity contribution is 0.222. The Kier molecular flexibility index (Phi) is 8.54. The first-order valence-electron chi connectivity index (χ1n) is 10.4. The average Bonchev–Trinajstić information content (AvgIpc) is 2.72. The summed E-state index contributed by atoms with van der Waals surface area (Å²) >= 11 is 0. The van der Waals surface area contributed by atoms with Crippen molar-refractivity contribution in [1.82, 2.24) is 4.90 Å². The van der Waals surface area contributed by atoms with Gasteiger partial charge in [0.05, 0.1) is 18.6 Å². The molecule has 0 saturated carbocycles. The number of benzene rings is 2. The number of nitriles is 1. The van der Waals surface area contributed by atoms with Gasteiger partial charge in [-0.1, -0.05) is 50.2 Å². The molecule has 1 atom stereocenters. The van der Waals surface area contributed by atoms with Crippen molar-refractivity contribution in [3.05, 3.63) is 59.7 Å². The molecule has 0 heterocycles. The van der Waals surface area contributed by atoms with Crippen LogP contribution in [0.1, 0.15) is 37.8 Å². The highest BCUT2D eigenvalue weighted by atomic mass is 16.5. The van der Waals surface area contributed by atoms with Crippen LogP contribution in [-0.2, 0) is 5.41 Å². The van der Waals surface area contributed by atoms with Crippen LogP contribution in [0.4, 0.5) is 0 Å². The van der Waals surface area contributed by atoms with E-state index in [9.17, 15) is 5.26 Å². The number of hydrogen-bond donors (Lipinski definition) is 0. The van der Waals surface area contributed by atoms with Crippen LogP contribution in [0.25, 0.3) is 0 Å². The molecule has 0 aliphatic rings. The summed E-state index contributed by atoms with van der Waals surface area (Å²) in [6.07, 6.45) is 1.81. The second-order valence-electron chi connectivity index (χ2n) is 7.96. The van der Waals surface area contributed by atoms with E-state index in [2.05, 4.69) is 50.9 Å². The maximum Gasteiger partial charge on any atom is 0.161 e. The first kappa shape index (κ1) is 22.8. The van der Waals surface area contributed by atoms with Crippen LogP contribution in [0.3, 0.4) is 0 Å². The lowest BCUT2D eigenvalue weighted by Crippen LogP contribution is -2.33. The van der Waals surface area contributed by atoms with Crippen molar-refractivity contribution in [2.45, 2.75) is 39.0 Å². The van der Waals surface area contributed by atoms with Gasteiger partial charge in [-0.05, 0) is 62.5 Å². The zero-order chi connectivity index (χ0) is 21.3. The van der Waals surface area contributed by atoms with Crippen molar-refractivity contribution < 1.29 is 9.47 Å². The molecule has 4 heteroatoms. The molecule has 4 nitrogen and oxygen atoms in total. The summed E-state index contributed by atoms with van der Waals surface area (Å²) in [5.41, 5.74) is 1.92. The van der Waals surface area contributed by atoms with E-state index in [0.717, 1.165) is 37.4 Å². The standard InChI is InChI=1S/C25H34N2O2/c1-20(2)25(19-26,22-12-7-6-11-21(22)3)15-10-16-27(4)17-18-29-24-14-9-8-13-23(24)28-5/h6-9,11-14,20H,10,15-18H2,1-5H3/t25-/m1/s1. The molecule has 0 fully saturated rings. The summed E-state index contributed by atoms with van der Waals surface area (Å²) in [7, 11) is 3.75. The van der Waals surface area contributed by atoms with Crippen LogP contribution in [0.2, 0.25) is 0 Å². The molecule has 2 rings (SSSR count).